The van der Waals surface area contributed by atoms with Crippen LogP contribution >= 0.6 is 11.6 Å². The molecule has 0 aliphatic heterocycles. The van der Waals surface area contributed by atoms with E-state index in [2.05, 4.69) is 13.8 Å². The maximum atomic E-state index is 12.5. The highest BCUT2D eigenvalue weighted by Crippen LogP contribution is 2.23. The SMILES string of the molecule is CC(C)CCN(C)S(=O)(=O)c1cc(CCl)n(C(C)C)c1. The van der Waals surface area contributed by atoms with Crippen molar-refractivity contribution in [1.82, 2.24) is 8.87 Å². The first kappa shape index (κ1) is 17.5. The minimum Gasteiger partial charge on any atom is -0.346 e. The van der Waals surface area contributed by atoms with Gasteiger partial charge in [0.25, 0.3) is 0 Å². The van der Waals surface area contributed by atoms with Crippen molar-refractivity contribution in [2.24, 2.45) is 5.92 Å². The number of alkyl halides is 1. The zero-order chi connectivity index (χ0) is 15.5. The predicted octanol–water partition coefficient (Wildman–Crippen LogP) is 3.47. The van der Waals surface area contributed by atoms with E-state index in [0.29, 0.717) is 23.2 Å². The molecule has 1 aromatic heterocycles. The molecule has 0 unspecified atom stereocenters. The second-order valence-corrected chi connectivity index (χ2v) is 8.12. The van der Waals surface area contributed by atoms with Gasteiger partial charge in [-0.1, -0.05) is 13.8 Å². The van der Waals surface area contributed by atoms with Gasteiger partial charge in [0.1, 0.15) is 4.90 Å². The van der Waals surface area contributed by atoms with Crippen LogP contribution in [0.2, 0.25) is 0 Å². The van der Waals surface area contributed by atoms with E-state index in [9.17, 15) is 8.42 Å². The summed E-state index contributed by atoms with van der Waals surface area (Å²) in [5.74, 6) is 0.787. The third-order valence-electron chi connectivity index (χ3n) is 3.33. The second kappa shape index (κ2) is 6.96. The number of rotatable bonds is 7. The molecular weight excluding hydrogens is 296 g/mol. The quantitative estimate of drug-likeness (QED) is 0.722. The highest BCUT2D eigenvalue weighted by atomic mass is 35.5. The highest BCUT2D eigenvalue weighted by Gasteiger charge is 2.23. The van der Waals surface area contributed by atoms with E-state index in [1.165, 1.54) is 4.31 Å². The first-order valence-corrected chi connectivity index (χ1v) is 8.90. The molecule has 1 heterocycles. The van der Waals surface area contributed by atoms with E-state index in [1.807, 2.05) is 18.4 Å². The van der Waals surface area contributed by atoms with Crippen LogP contribution in [0.15, 0.2) is 17.2 Å². The first-order valence-electron chi connectivity index (χ1n) is 6.93. The smallest absolute Gasteiger partial charge is 0.244 e. The number of nitrogens with zero attached hydrogens (tertiary/aromatic N) is 2. The normalized spacial score (nSPS) is 12.8. The molecule has 0 radical (unpaired) electrons. The van der Waals surface area contributed by atoms with Crippen LogP contribution in [0, 0.1) is 5.92 Å². The first-order chi connectivity index (χ1) is 9.20. The summed E-state index contributed by atoms with van der Waals surface area (Å²) in [6, 6.07) is 1.86. The molecule has 0 aliphatic rings. The molecule has 1 aromatic rings. The average molecular weight is 321 g/mol. The van der Waals surface area contributed by atoms with Crippen LogP contribution in [-0.4, -0.2) is 30.9 Å². The fourth-order valence-corrected chi connectivity index (χ4v) is 3.42. The van der Waals surface area contributed by atoms with Crippen LogP contribution in [0.25, 0.3) is 0 Å². The van der Waals surface area contributed by atoms with Crippen LogP contribution in [0.4, 0.5) is 0 Å². The van der Waals surface area contributed by atoms with Crippen LogP contribution in [0.5, 0.6) is 0 Å². The molecular formula is C14H25ClN2O2S. The third kappa shape index (κ3) is 3.99. The summed E-state index contributed by atoms with van der Waals surface area (Å²) < 4.78 is 28.4. The average Bonchev–Trinajstić information content (AvgIpc) is 2.80. The van der Waals surface area contributed by atoms with Gasteiger partial charge in [0.2, 0.25) is 10.0 Å². The standard InChI is InChI=1S/C14H25ClN2O2S/c1-11(2)6-7-16(5)20(18,19)14-8-13(9-15)17(10-14)12(3)4/h8,10-12H,6-7,9H2,1-5H3. The predicted molar refractivity (Wildman–Crippen MR) is 83.6 cm³/mol. The number of sulfonamides is 1. The van der Waals surface area contributed by atoms with Gasteiger partial charge in [0.05, 0.1) is 5.88 Å². The Labute approximate surface area is 127 Å². The van der Waals surface area contributed by atoms with Crippen LogP contribution in [0.1, 0.15) is 45.9 Å². The van der Waals surface area contributed by atoms with Crippen LogP contribution < -0.4 is 0 Å². The summed E-state index contributed by atoms with van der Waals surface area (Å²) in [4.78, 5) is 0.327. The molecule has 0 aliphatic carbocycles. The van der Waals surface area contributed by atoms with Crippen LogP contribution in [-0.2, 0) is 15.9 Å². The fraction of sp³-hybridized carbons (Fsp3) is 0.714. The Morgan fingerprint density at radius 3 is 2.30 bits per heavy atom. The number of halogens is 1. The van der Waals surface area contributed by atoms with Gasteiger partial charge in [0, 0.05) is 31.5 Å². The van der Waals surface area contributed by atoms with E-state index < -0.39 is 10.0 Å². The molecule has 20 heavy (non-hydrogen) atoms. The number of hydrogen-bond donors (Lipinski definition) is 0. The Hall–Kier alpha value is -0.520. The van der Waals surface area contributed by atoms with Gasteiger partial charge in [-0.2, -0.15) is 0 Å². The van der Waals surface area contributed by atoms with E-state index in [-0.39, 0.29) is 6.04 Å². The van der Waals surface area contributed by atoms with Gasteiger partial charge in [-0.15, -0.1) is 11.6 Å². The molecule has 0 atom stereocenters. The summed E-state index contributed by atoms with van der Waals surface area (Å²) in [6.07, 6.45) is 2.53. The van der Waals surface area contributed by atoms with Gasteiger partial charge >= 0.3 is 0 Å². The van der Waals surface area contributed by atoms with Crippen molar-refractivity contribution in [3.63, 3.8) is 0 Å². The van der Waals surface area contributed by atoms with E-state index >= 15 is 0 Å². The van der Waals surface area contributed by atoms with Gasteiger partial charge < -0.3 is 4.57 Å². The van der Waals surface area contributed by atoms with Crippen molar-refractivity contribution in [2.45, 2.75) is 50.9 Å². The minimum absolute atomic E-state index is 0.189. The molecule has 0 bridgehead atoms. The lowest BCUT2D eigenvalue weighted by Gasteiger charge is -2.17. The minimum atomic E-state index is -3.43. The van der Waals surface area contributed by atoms with E-state index in [4.69, 9.17) is 11.6 Å². The molecule has 0 N–H and O–H groups in total. The maximum absolute atomic E-state index is 12.5. The Morgan fingerprint density at radius 2 is 1.90 bits per heavy atom. The zero-order valence-electron chi connectivity index (χ0n) is 12.9. The summed E-state index contributed by atoms with van der Waals surface area (Å²) in [7, 11) is -1.80. The number of aromatic nitrogens is 1. The molecule has 0 amide bonds. The Morgan fingerprint density at radius 1 is 1.30 bits per heavy atom. The lowest BCUT2D eigenvalue weighted by atomic mass is 10.1. The molecule has 0 aromatic carbocycles. The largest absolute Gasteiger partial charge is 0.346 e. The third-order valence-corrected chi connectivity index (χ3v) is 5.43. The molecule has 0 spiro atoms. The van der Waals surface area contributed by atoms with Gasteiger partial charge in [-0.25, -0.2) is 12.7 Å². The second-order valence-electron chi connectivity index (χ2n) is 5.81. The van der Waals surface area contributed by atoms with Gasteiger partial charge in [-0.05, 0) is 32.3 Å². The number of hydrogen-bond acceptors (Lipinski definition) is 2. The lowest BCUT2D eigenvalue weighted by Crippen LogP contribution is -2.28. The van der Waals surface area contributed by atoms with Crippen molar-refractivity contribution in [1.29, 1.82) is 0 Å². The maximum Gasteiger partial charge on any atom is 0.244 e. The van der Waals surface area contributed by atoms with Gasteiger partial charge in [-0.3, -0.25) is 0 Å². The Balaban J connectivity index is 3.03. The molecule has 116 valence electrons. The molecule has 0 fully saturated rings. The van der Waals surface area contributed by atoms with Crippen molar-refractivity contribution in [3.05, 3.63) is 18.0 Å². The Bertz CT molecular complexity index is 535. The summed E-state index contributed by atoms with van der Waals surface area (Å²) in [6.45, 7) is 8.72. The monoisotopic (exact) mass is 320 g/mol. The van der Waals surface area contributed by atoms with Crippen molar-refractivity contribution in [3.8, 4) is 0 Å². The molecule has 0 saturated heterocycles. The van der Waals surface area contributed by atoms with Crippen molar-refractivity contribution in [2.75, 3.05) is 13.6 Å². The van der Waals surface area contributed by atoms with Crippen molar-refractivity contribution >= 4 is 21.6 Å². The molecule has 4 nitrogen and oxygen atoms in total. The van der Waals surface area contributed by atoms with E-state index in [1.54, 1.807) is 19.3 Å². The van der Waals surface area contributed by atoms with E-state index in [0.717, 1.165) is 12.1 Å². The molecule has 0 saturated carbocycles. The fourth-order valence-electron chi connectivity index (χ4n) is 1.97. The molecule has 6 heteroatoms. The van der Waals surface area contributed by atoms with Crippen molar-refractivity contribution < 1.29 is 8.42 Å². The highest BCUT2D eigenvalue weighted by molar-refractivity contribution is 7.89. The summed E-state index contributed by atoms with van der Waals surface area (Å²) in [5.41, 5.74) is 0.831. The topological polar surface area (TPSA) is 42.3 Å². The molecule has 1 rings (SSSR count). The summed E-state index contributed by atoms with van der Waals surface area (Å²) in [5, 5.41) is 0. The lowest BCUT2D eigenvalue weighted by molar-refractivity contribution is 0.428. The zero-order valence-corrected chi connectivity index (χ0v) is 14.5. The van der Waals surface area contributed by atoms with Gasteiger partial charge in [0.15, 0.2) is 0 Å². The van der Waals surface area contributed by atoms with Crippen LogP contribution in [0.3, 0.4) is 0 Å². The summed E-state index contributed by atoms with van der Waals surface area (Å²) >= 11 is 5.89. The Kier molecular flexibility index (Phi) is 6.10.